The molecule has 0 amide bonds. The molecule has 0 bridgehead atoms. The topological polar surface area (TPSA) is 49.8 Å². The highest BCUT2D eigenvalue weighted by atomic mass is 15.1. The first kappa shape index (κ1) is 14.6. The van der Waals surface area contributed by atoms with Gasteiger partial charge in [-0.3, -0.25) is 0 Å². The van der Waals surface area contributed by atoms with Crippen LogP contribution in [0.5, 0.6) is 0 Å². The van der Waals surface area contributed by atoms with Crippen molar-refractivity contribution in [1.82, 2.24) is 9.97 Å². The summed E-state index contributed by atoms with van der Waals surface area (Å²) in [5.41, 5.74) is 0. The SMILES string of the molecule is CNc1cc(NCCC2CCCC(C)C2)nc(C2CC2)n1. The van der Waals surface area contributed by atoms with E-state index in [1.807, 2.05) is 13.1 Å². The minimum atomic E-state index is 0.595. The van der Waals surface area contributed by atoms with E-state index in [1.54, 1.807) is 0 Å². The molecule has 2 aliphatic carbocycles. The molecule has 0 saturated heterocycles. The molecule has 2 fully saturated rings. The lowest BCUT2D eigenvalue weighted by atomic mass is 9.81. The quantitative estimate of drug-likeness (QED) is 0.830. The third-order valence-corrected chi connectivity index (χ3v) is 4.85. The van der Waals surface area contributed by atoms with Gasteiger partial charge in [-0.15, -0.1) is 0 Å². The molecule has 0 aliphatic heterocycles. The molecule has 3 rings (SSSR count). The Bertz CT molecular complexity index is 470. The number of hydrogen-bond acceptors (Lipinski definition) is 4. The lowest BCUT2D eigenvalue weighted by molar-refractivity contribution is 0.274. The minimum absolute atomic E-state index is 0.595. The Morgan fingerprint density at radius 3 is 2.67 bits per heavy atom. The second-order valence-electron chi connectivity index (χ2n) is 6.87. The predicted molar refractivity (Wildman–Crippen MR) is 87.8 cm³/mol. The molecule has 2 aliphatic rings. The molecule has 0 radical (unpaired) electrons. The van der Waals surface area contributed by atoms with Crippen molar-refractivity contribution in [2.45, 2.75) is 57.8 Å². The van der Waals surface area contributed by atoms with Crippen LogP contribution in [-0.2, 0) is 0 Å². The predicted octanol–water partition coefficient (Wildman–Crippen LogP) is 4.02. The van der Waals surface area contributed by atoms with Gasteiger partial charge in [0.1, 0.15) is 17.5 Å². The average Bonchev–Trinajstić information content (AvgIpc) is 3.32. The van der Waals surface area contributed by atoms with Crippen LogP contribution in [0.2, 0.25) is 0 Å². The Hall–Kier alpha value is -1.32. The Morgan fingerprint density at radius 2 is 1.95 bits per heavy atom. The van der Waals surface area contributed by atoms with E-state index in [-0.39, 0.29) is 0 Å². The van der Waals surface area contributed by atoms with Gasteiger partial charge in [-0.1, -0.05) is 26.2 Å². The summed E-state index contributed by atoms with van der Waals surface area (Å²) in [5, 5.41) is 6.66. The van der Waals surface area contributed by atoms with Crippen LogP contribution in [0, 0.1) is 11.8 Å². The summed E-state index contributed by atoms with van der Waals surface area (Å²) < 4.78 is 0. The third-order valence-electron chi connectivity index (χ3n) is 4.85. The van der Waals surface area contributed by atoms with E-state index in [9.17, 15) is 0 Å². The Balaban J connectivity index is 1.53. The maximum atomic E-state index is 4.68. The molecule has 116 valence electrons. The monoisotopic (exact) mass is 288 g/mol. The molecule has 4 heteroatoms. The number of anilines is 2. The number of nitrogens with one attached hydrogen (secondary N) is 2. The first-order chi connectivity index (χ1) is 10.2. The van der Waals surface area contributed by atoms with Gasteiger partial charge in [-0.2, -0.15) is 0 Å². The fraction of sp³-hybridized carbons (Fsp3) is 0.765. The van der Waals surface area contributed by atoms with E-state index in [4.69, 9.17) is 0 Å². The Morgan fingerprint density at radius 1 is 1.14 bits per heavy atom. The Kier molecular flexibility index (Phi) is 4.61. The van der Waals surface area contributed by atoms with Crippen LogP contribution in [0.25, 0.3) is 0 Å². The lowest BCUT2D eigenvalue weighted by Crippen LogP contribution is -2.17. The molecule has 0 aromatic carbocycles. The highest BCUT2D eigenvalue weighted by molar-refractivity contribution is 5.47. The molecule has 0 spiro atoms. The molecular formula is C17H28N4. The van der Waals surface area contributed by atoms with Crippen molar-refractivity contribution < 1.29 is 0 Å². The van der Waals surface area contributed by atoms with Gasteiger partial charge in [-0.05, 0) is 37.5 Å². The summed E-state index contributed by atoms with van der Waals surface area (Å²) in [4.78, 5) is 9.24. The van der Waals surface area contributed by atoms with Crippen molar-refractivity contribution in [1.29, 1.82) is 0 Å². The van der Waals surface area contributed by atoms with Crippen molar-refractivity contribution in [2.24, 2.45) is 11.8 Å². The lowest BCUT2D eigenvalue weighted by Gasteiger charge is -2.26. The van der Waals surface area contributed by atoms with Gasteiger partial charge in [0.15, 0.2) is 0 Å². The van der Waals surface area contributed by atoms with E-state index in [1.165, 1.54) is 44.9 Å². The van der Waals surface area contributed by atoms with Gasteiger partial charge in [0.05, 0.1) is 0 Å². The van der Waals surface area contributed by atoms with Gasteiger partial charge in [0.2, 0.25) is 0 Å². The summed E-state index contributed by atoms with van der Waals surface area (Å²) in [7, 11) is 1.92. The smallest absolute Gasteiger partial charge is 0.136 e. The standard InChI is InChI=1S/C17H28N4/c1-12-4-3-5-13(10-12)8-9-19-16-11-15(18-2)20-17(21-16)14-6-7-14/h11-14H,3-10H2,1-2H3,(H2,18,19,20,21). The van der Waals surface area contributed by atoms with E-state index in [0.717, 1.165) is 35.8 Å². The molecule has 2 unspecified atom stereocenters. The Labute approximate surface area is 128 Å². The van der Waals surface area contributed by atoms with Crippen molar-refractivity contribution in [3.63, 3.8) is 0 Å². The highest BCUT2D eigenvalue weighted by Crippen LogP contribution is 2.38. The van der Waals surface area contributed by atoms with Gasteiger partial charge in [0.25, 0.3) is 0 Å². The second kappa shape index (κ2) is 6.63. The molecule has 1 heterocycles. The summed E-state index contributed by atoms with van der Waals surface area (Å²) in [6.07, 6.45) is 9.40. The fourth-order valence-electron chi connectivity index (χ4n) is 3.43. The van der Waals surface area contributed by atoms with Crippen LogP contribution in [-0.4, -0.2) is 23.6 Å². The maximum absolute atomic E-state index is 4.68. The maximum Gasteiger partial charge on any atom is 0.136 e. The van der Waals surface area contributed by atoms with Crippen LogP contribution in [0.4, 0.5) is 11.6 Å². The molecule has 4 nitrogen and oxygen atoms in total. The van der Waals surface area contributed by atoms with Crippen molar-refractivity contribution in [3.05, 3.63) is 11.9 Å². The average molecular weight is 288 g/mol. The number of aromatic nitrogens is 2. The van der Waals surface area contributed by atoms with E-state index >= 15 is 0 Å². The van der Waals surface area contributed by atoms with Crippen LogP contribution in [0.1, 0.15) is 63.6 Å². The largest absolute Gasteiger partial charge is 0.373 e. The summed E-state index contributed by atoms with van der Waals surface area (Å²) >= 11 is 0. The number of nitrogens with zero attached hydrogens (tertiary/aromatic N) is 2. The molecule has 2 N–H and O–H groups in total. The molecule has 2 atom stereocenters. The van der Waals surface area contributed by atoms with Crippen LogP contribution < -0.4 is 10.6 Å². The van der Waals surface area contributed by atoms with Crippen LogP contribution >= 0.6 is 0 Å². The zero-order valence-electron chi connectivity index (χ0n) is 13.4. The van der Waals surface area contributed by atoms with E-state index in [0.29, 0.717) is 5.92 Å². The zero-order valence-corrected chi connectivity index (χ0v) is 13.4. The third kappa shape index (κ3) is 4.08. The fourth-order valence-corrected chi connectivity index (χ4v) is 3.43. The molecule has 1 aromatic rings. The second-order valence-corrected chi connectivity index (χ2v) is 6.87. The van der Waals surface area contributed by atoms with Crippen molar-refractivity contribution in [3.8, 4) is 0 Å². The minimum Gasteiger partial charge on any atom is -0.373 e. The van der Waals surface area contributed by atoms with Crippen LogP contribution in [0.15, 0.2) is 6.07 Å². The van der Waals surface area contributed by atoms with Crippen LogP contribution in [0.3, 0.4) is 0 Å². The number of hydrogen-bond donors (Lipinski definition) is 2. The van der Waals surface area contributed by atoms with Gasteiger partial charge in [-0.25, -0.2) is 9.97 Å². The highest BCUT2D eigenvalue weighted by Gasteiger charge is 2.27. The summed E-state index contributed by atoms with van der Waals surface area (Å²) in [6, 6.07) is 2.02. The first-order valence-electron chi connectivity index (χ1n) is 8.55. The molecule has 1 aromatic heterocycles. The summed E-state index contributed by atoms with van der Waals surface area (Å²) in [5.74, 6) is 5.34. The molecule has 2 saturated carbocycles. The van der Waals surface area contributed by atoms with E-state index < -0.39 is 0 Å². The summed E-state index contributed by atoms with van der Waals surface area (Å²) in [6.45, 7) is 3.42. The van der Waals surface area contributed by atoms with Crippen molar-refractivity contribution in [2.75, 3.05) is 24.2 Å². The first-order valence-corrected chi connectivity index (χ1v) is 8.55. The normalized spacial score (nSPS) is 25.6. The zero-order chi connectivity index (χ0) is 14.7. The number of rotatable bonds is 6. The van der Waals surface area contributed by atoms with E-state index in [2.05, 4.69) is 27.5 Å². The van der Waals surface area contributed by atoms with Crippen molar-refractivity contribution >= 4 is 11.6 Å². The molecule has 21 heavy (non-hydrogen) atoms. The van der Waals surface area contributed by atoms with Gasteiger partial charge in [0, 0.05) is 25.6 Å². The van der Waals surface area contributed by atoms with Gasteiger partial charge < -0.3 is 10.6 Å². The van der Waals surface area contributed by atoms with Gasteiger partial charge >= 0.3 is 0 Å². The molecular weight excluding hydrogens is 260 g/mol.